The van der Waals surface area contributed by atoms with Gasteiger partial charge in [0.1, 0.15) is 30.0 Å². The SMILES string of the molecule is OCC(O)COc1c(F)c(F)c(C2=C3C=CC(=N3)C(c3cccc(O)c3)=C3C=CC(=N3)C(c3cccc(O)c3)=C3C=CC(=N3)C(c3cccc(O)c3)=C3C=CC2=N3)c(F)c1F. The molecule has 5 heterocycles. The van der Waals surface area contributed by atoms with Gasteiger partial charge >= 0.3 is 0 Å². The number of benzene rings is 4. The molecule has 5 N–H and O–H groups in total. The zero-order valence-corrected chi connectivity index (χ0v) is 31.5. The Kier molecular flexibility index (Phi) is 9.86. The maximum absolute atomic E-state index is 16.4. The molecule has 0 spiro atoms. The third kappa shape index (κ3) is 7.03. The number of rotatable bonds is 8. The van der Waals surface area contributed by atoms with Crippen molar-refractivity contribution in [3.05, 3.63) is 190 Å². The van der Waals surface area contributed by atoms with Crippen LogP contribution in [0.15, 0.2) is 164 Å². The van der Waals surface area contributed by atoms with Crippen LogP contribution in [0.2, 0.25) is 0 Å². The number of aliphatic hydroxyl groups is 2. The molecule has 0 radical (unpaired) electrons. The van der Waals surface area contributed by atoms with Gasteiger partial charge in [-0.2, -0.15) is 8.78 Å². The molecule has 0 saturated heterocycles. The Labute approximate surface area is 344 Å². The Morgan fingerprint density at radius 3 is 1.16 bits per heavy atom. The number of phenolic OH excluding ortho intramolecular Hbond substituents is 3. The molecule has 61 heavy (non-hydrogen) atoms. The van der Waals surface area contributed by atoms with E-state index in [1.54, 1.807) is 66.8 Å². The predicted molar refractivity (Wildman–Crippen MR) is 223 cm³/mol. The molecule has 14 heteroatoms. The number of aromatic hydroxyl groups is 3. The lowest BCUT2D eigenvalue weighted by atomic mass is 9.96. The van der Waals surface area contributed by atoms with Gasteiger partial charge in [-0.1, -0.05) is 36.4 Å². The fourth-order valence-corrected chi connectivity index (χ4v) is 7.41. The zero-order chi connectivity index (χ0) is 42.5. The zero-order valence-electron chi connectivity index (χ0n) is 31.5. The standard InChI is InChI=1S/C47H30F4N4O6/c48-43-42(44(49)46(51)47(45(43)50)61-22-29(60)21-56)41-36-16-14-34(54-36)39(24-5-2-8-27(58)19-24)32-12-10-30(52-32)38(23-4-1-7-26(57)18-23)31-11-13-33(53-31)40(35-15-17-37(41)55-35)25-6-3-9-28(59)20-25/h1-20,29,56-60H,21-22H2. The van der Waals surface area contributed by atoms with Gasteiger partial charge in [0.25, 0.3) is 0 Å². The summed E-state index contributed by atoms with van der Waals surface area (Å²) in [5.74, 6) is -9.11. The topological polar surface area (TPSA) is 160 Å². The van der Waals surface area contributed by atoms with Crippen molar-refractivity contribution in [3.8, 4) is 23.0 Å². The number of halogens is 4. The highest BCUT2D eigenvalue weighted by Gasteiger charge is 2.34. The number of hydrogen-bond donors (Lipinski definition) is 5. The maximum atomic E-state index is 16.4. The Morgan fingerprint density at radius 2 is 0.820 bits per heavy atom. The third-order valence-electron chi connectivity index (χ3n) is 10.1. The highest BCUT2D eigenvalue weighted by atomic mass is 19.2. The molecule has 10 nitrogen and oxygen atoms in total. The van der Waals surface area contributed by atoms with Crippen LogP contribution in [0.5, 0.6) is 23.0 Å². The van der Waals surface area contributed by atoms with E-state index in [0.717, 1.165) is 0 Å². The lowest BCUT2D eigenvalue weighted by Crippen LogP contribution is -2.22. The molecule has 1 unspecified atom stereocenters. The van der Waals surface area contributed by atoms with Crippen molar-refractivity contribution in [1.82, 2.24) is 0 Å². The van der Waals surface area contributed by atoms with Gasteiger partial charge < -0.3 is 30.3 Å². The van der Waals surface area contributed by atoms with Crippen LogP contribution in [0, 0.1) is 23.3 Å². The van der Waals surface area contributed by atoms with Crippen LogP contribution < -0.4 is 4.74 Å². The Bertz CT molecular complexity index is 2930. The number of allylic oxidation sites excluding steroid dienone is 12. The summed E-state index contributed by atoms with van der Waals surface area (Å²) in [5, 5.41) is 50.6. The van der Waals surface area contributed by atoms with Crippen LogP contribution in [0.25, 0.3) is 22.3 Å². The van der Waals surface area contributed by atoms with E-state index >= 15 is 17.6 Å². The molecule has 302 valence electrons. The summed E-state index contributed by atoms with van der Waals surface area (Å²) in [6.45, 7) is -1.71. The Hall–Kier alpha value is -7.68. The van der Waals surface area contributed by atoms with Gasteiger partial charge in [0.2, 0.25) is 11.6 Å². The summed E-state index contributed by atoms with van der Waals surface area (Å²) in [4.78, 5) is 19.6. The maximum Gasteiger partial charge on any atom is 0.204 e. The molecule has 5 aliphatic rings. The van der Waals surface area contributed by atoms with Crippen molar-refractivity contribution in [2.45, 2.75) is 6.10 Å². The van der Waals surface area contributed by atoms with Crippen LogP contribution in [-0.4, -0.2) is 67.7 Å². The van der Waals surface area contributed by atoms with Gasteiger partial charge in [-0.3, -0.25) is 0 Å². The van der Waals surface area contributed by atoms with E-state index in [4.69, 9.17) is 29.8 Å². The second kappa shape index (κ2) is 15.5. The molecule has 4 aromatic carbocycles. The monoisotopic (exact) mass is 822 g/mol. The van der Waals surface area contributed by atoms with Gasteiger partial charge in [-0.05, 0) is 102 Å². The first-order valence-electron chi connectivity index (χ1n) is 18.7. The number of aliphatic hydroxyl groups excluding tert-OH is 2. The minimum absolute atomic E-state index is 0.000827. The second-order valence-corrected chi connectivity index (χ2v) is 14.1. The lowest BCUT2D eigenvalue weighted by molar-refractivity contribution is 0.0503. The molecule has 0 amide bonds. The van der Waals surface area contributed by atoms with Crippen LogP contribution in [0.1, 0.15) is 22.3 Å². The quantitative estimate of drug-likeness (QED) is 0.0893. The van der Waals surface area contributed by atoms with Crippen LogP contribution in [-0.2, 0) is 0 Å². The number of fused-ring (bicyclic) bond motifs is 4. The molecule has 5 aliphatic heterocycles. The van der Waals surface area contributed by atoms with E-state index in [-0.39, 0.29) is 40.1 Å². The van der Waals surface area contributed by atoms with Crippen molar-refractivity contribution >= 4 is 45.1 Å². The Morgan fingerprint density at radius 1 is 0.475 bits per heavy atom. The van der Waals surface area contributed by atoms with Gasteiger partial charge in [-0.15, -0.1) is 0 Å². The number of ether oxygens (including phenoxy) is 1. The lowest BCUT2D eigenvalue weighted by Gasteiger charge is -2.17. The van der Waals surface area contributed by atoms with Crippen LogP contribution >= 0.6 is 0 Å². The van der Waals surface area contributed by atoms with E-state index in [0.29, 0.717) is 56.2 Å². The summed E-state index contributed by atoms with van der Waals surface area (Å²) >= 11 is 0. The summed E-state index contributed by atoms with van der Waals surface area (Å²) in [5.41, 5.74) is 2.80. The number of hydrogen-bond acceptors (Lipinski definition) is 10. The molecule has 0 aromatic heterocycles. The fraction of sp³-hybridized carbons (Fsp3) is 0.0638. The summed E-state index contributed by atoms with van der Waals surface area (Å²) in [6.07, 6.45) is 11.2. The molecule has 1 atom stereocenters. The highest BCUT2D eigenvalue weighted by Crippen LogP contribution is 2.42. The fourth-order valence-electron chi connectivity index (χ4n) is 7.41. The predicted octanol–water partition coefficient (Wildman–Crippen LogP) is 8.09. The van der Waals surface area contributed by atoms with E-state index in [1.165, 1.54) is 54.6 Å². The van der Waals surface area contributed by atoms with Crippen molar-refractivity contribution < 1.29 is 47.8 Å². The molecule has 8 bridgehead atoms. The highest BCUT2D eigenvalue weighted by molar-refractivity contribution is 6.39. The van der Waals surface area contributed by atoms with Gasteiger partial charge in [-0.25, -0.2) is 28.8 Å². The van der Waals surface area contributed by atoms with Crippen LogP contribution in [0.3, 0.4) is 0 Å². The van der Waals surface area contributed by atoms with Crippen molar-refractivity contribution in [2.24, 2.45) is 20.0 Å². The average Bonchev–Trinajstić information content (AvgIpc) is 4.09. The van der Waals surface area contributed by atoms with Crippen LogP contribution in [0.4, 0.5) is 17.6 Å². The van der Waals surface area contributed by atoms with Crippen molar-refractivity contribution in [3.63, 3.8) is 0 Å². The van der Waals surface area contributed by atoms with Crippen molar-refractivity contribution in [1.29, 1.82) is 0 Å². The molecule has 0 fully saturated rings. The minimum Gasteiger partial charge on any atom is -0.508 e. The molecule has 0 saturated carbocycles. The Balaban J connectivity index is 1.37. The number of aliphatic imine (C=N–C) groups is 4. The molecule has 0 aliphatic carbocycles. The largest absolute Gasteiger partial charge is 0.508 e. The van der Waals surface area contributed by atoms with E-state index in [2.05, 4.69) is 0 Å². The first-order valence-corrected chi connectivity index (χ1v) is 18.7. The molecule has 4 aromatic rings. The first kappa shape index (κ1) is 38.8. The smallest absolute Gasteiger partial charge is 0.204 e. The normalized spacial score (nSPS) is 17.1. The minimum atomic E-state index is -1.91. The van der Waals surface area contributed by atoms with Gasteiger partial charge in [0, 0.05) is 22.3 Å². The average molecular weight is 823 g/mol. The van der Waals surface area contributed by atoms with E-state index in [1.807, 2.05) is 0 Å². The van der Waals surface area contributed by atoms with Crippen molar-refractivity contribution in [2.75, 3.05) is 13.2 Å². The van der Waals surface area contributed by atoms with E-state index in [9.17, 15) is 20.4 Å². The molecular formula is C47H30F4N4O6. The second-order valence-electron chi connectivity index (χ2n) is 14.1. The molecule has 9 rings (SSSR count). The number of nitrogens with zero attached hydrogens (tertiary/aromatic N) is 4. The summed E-state index contributed by atoms with van der Waals surface area (Å²) in [7, 11) is 0. The van der Waals surface area contributed by atoms with Gasteiger partial charge in [0.15, 0.2) is 17.4 Å². The number of phenols is 3. The molecular weight excluding hydrogens is 793 g/mol. The van der Waals surface area contributed by atoms with Gasteiger partial charge in [0.05, 0.1) is 57.8 Å². The summed E-state index contributed by atoms with van der Waals surface area (Å²) < 4.78 is 69.4. The first-order chi connectivity index (χ1) is 29.5. The van der Waals surface area contributed by atoms with E-state index < -0.39 is 59.5 Å². The summed E-state index contributed by atoms with van der Waals surface area (Å²) in [6, 6.07) is 19.1. The third-order valence-corrected chi connectivity index (χ3v) is 10.1.